The lowest BCUT2D eigenvalue weighted by Crippen LogP contribution is -2.39. The maximum absolute atomic E-state index is 10.0. The third kappa shape index (κ3) is 2.50. The molecule has 0 amide bonds. The molecule has 0 aromatic carbocycles. The maximum Gasteiger partial charge on any atom is 0.0594 e. The van der Waals surface area contributed by atoms with Gasteiger partial charge in [-0.05, 0) is 36.0 Å². The number of hydrogen-bond acceptors (Lipinski definition) is 1. The first kappa shape index (κ1) is 12.0. The van der Waals surface area contributed by atoms with E-state index in [1.54, 1.807) is 0 Å². The topological polar surface area (TPSA) is 20.2 Å². The van der Waals surface area contributed by atoms with Gasteiger partial charge in [0.1, 0.15) is 0 Å². The summed E-state index contributed by atoms with van der Waals surface area (Å²) in [4.78, 5) is 0. The third-order valence-corrected chi connectivity index (χ3v) is 4.06. The summed E-state index contributed by atoms with van der Waals surface area (Å²) >= 11 is 0. The monoisotopic (exact) mass is 198 g/mol. The van der Waals surface area contributed by atoms with E-state index < -0.39 is 0 Å². The van der Waals surface area contributed by atoms with E-state index in [1.807, 2.05) is 0 Å². The fraction of sp³-hybridized carbons (Fsp3) is 1.00. The van der Waals surface area contributed by atoms with E-state index in [9.17, 15) is 5.11 Å². The van der Waals surface area contributed by atoms with Crippen molar-refractivity contribution in [2.75, 3.05) is 0 Å². The molecule has 0 saturated heterocycles. The fourth-order valence-corrected chi connectivity index (χ4v) is 2.77. The molecule has 1 fully saturated rings. The predicted molar refractivity (Wildman–Crippen MR) is 61.1 cm³/mol. The van der Waals surface area contributed by atoms with E-state index >= 15 is 0 Å². The zero-order valence-corrected chi connectivity index (χ0v) is 10.4. The summed E-state index contributed by atoms with van der Waals surface area (Å²) in [6, 6.07) is 0. The van der Waals surface area contributed by atoms with Crippen LogP contribution in [0.15, 0.2) is 0 Å². The summed E-state index contributed by atoms with van der Waals surface area (Å²) in [7, 11) is 0. The molecule has 4 atom stereocenters. The standard InChI is InChI=1S/C13H26O/c1-6-10-8-11(13(3,4)5)7-9(2)12(10)14/h9-12,14H,6-8H2,1-5H3. The molecule has 1 saturated carbocycles. The van der Waals surface area contributed by atoms with E-state index in [4.69, 9.17) is 0 Å². The number of rotatable bonds is 1. The molecule has 1 rings (SSSR count). The highest BCUT2D eigenvalue weighted by Gasteiger charge is 2.37. The van der Waals surface area contributed by atoms with E-state index in [0.717, 1.165) is 12.3 Å². The van der Waals surface area contributed by atoms with Crippen LogP contribution in [0.1, 0.15) is 53.9 Å². The van der Waals surface area contributed by atoms with Gasteiger partial charge in [-0.15, -0.1) is 0 Å². The number of hydrogen-bond donors (Lipinski definition) is 1. The molecule has 0 spiro atoms. The van der Waals surface area contributed by atoms with Crippen molar-refractivity contribution in [3.63, 3.8) is 0 Å². The van der Waals surface area contributed by atoms with Crippen LogP contribution in [0.3, 0.4) is 0 Å². The SMILES string of the molecule is CCC1CC(C(C)(C)C)CC(C)C1O. The molecule has 1 N–H and O–H groups in total. The Morgan fingerprint density at radius 2 is 1.79 bits per heavy atom. The van der Waals surface area contributed by atoms with E-state index in [1.165, 1.54) is 12.8 Å². The second kappa shape index (κ2) is 4.22. The zero-order chi connectivity index (χ0) is 10.9. The lowest BCUT2D eigenvalue weighted by molar-refractivity contribution is -0.0223. The molecule has 0 bridgehead atoms. The second-order valence-electron chi connectivity index (χ2n) is 6.17. The molecule has 1 heteroatoms. The van der Waals surface area contributed by atoms with Gasteiger partial charge in [0.2, 0.25) is 0 Å². The van der Waals surface area contributed by atoms with Crippen LogP contribution in [-0.4, -0.2) is 11.2 Å². The largest absolute Gasteiger partial charge is 0.393 e. The Labute approximate surface area is 88.9 Å². The first-order valence-electron chi connectivity index (χ1n) is 6.04. The fourth-order valence-electron chi connectivity index (χ4n) is 2.77. The van der Waals surface area contributed by atoms with E-state index in [-0.39, 0.29) is 6.10 Å². The van der Waals surface area contributed by atoms with Crippen LogP contribution in [0, 0.1) is 23.2 Å². The quantitative estimate of drug-likeness (QED) is 0.684. The molecule has 1 aliphatic rings. The summed E-state index contributed by atoms with van der Waals surface area (Å²) in [5.74, 6) is 1.80. The molecule has 0 aromatic rings. The van der Waals surface area contributed by atoms with Gasteiger partial charge in [-0.25, -0.2) is 0 Å². The van der Waals surface area contributed by atoms with Gasteiger partial charge in [-0.1, -0.05) is 41.0 Å². The van der Waals surface area contributed by atoms with Crippen molar-refractivity contribution in [1.29, 1.82) is 0 Å². The highest BCUT2D eigenvalue weighted by atomic mass is 16.3. The van der Waals surface area contributed by atoms with Crippen LogP contribution in [0.4, 0.5) is 0 Å². The van der Waals surface area contributed by atoms with E-state index in [2.05, 4.69) is 34.6 Å². The molecule has 0 radical (unpaired) electrons. The maximum atomic E-state index is 10.0. The van der Waals surface area contributed by atoms with Crippen molar-refractivity contribution in [1.82, 2.24) is 0 Å². The Bertz CT molecular complexity index is 180. The Morgan fingerprint density at radius 1 is 1.21 bits per heavy atom. The van der Waals surface area contributed by atoms with Crippen LogP contribution in [0.25, 0.3) is 0 Å². The predicted octanol–water partition coefficient (Wildman–Crippen LogP) is 3.47. The molecule has 4 unspecified atom stereocenters. The Kier molecular flexibility index (Phi) is 3.63. The molecular weight excluding hydrogens is 172 g/mol. The van der Waals surface area contributed by atoms with Gasteiger partial charge in [0.25, 0.3) is 0 Å². The highest BCUT2D eigenvalue weighted by molar-refractivity contribution is 4.88. The van der Waals surface area contributed by atoms with Gasteiger partial charge in [0, 0.05) is 0 Å². The summed E-state index contributed by atoms with van der Waals surface area (Å²) < 4.78 is 0. The third-order valence-electron chi connectivity index (χ3n) is 4.06. The van der Waals surface area contributed by atoms with Gasteiger partial charge >= 0.3 is 0 Å². The van der Waals surface area contributed by atoms with Crippen molar-refractivity contribution < 1.29 is 5.11 Å². The lowest BCUT2D eigenvalue weighted by atomic mass is 9.64. The number of aliphatic hydroxyl groups is 1. The Balaban J connectivity index is 2.68. The lowest BCUT2D eigenvalue weighted by Gasteiger charge is -2.43. The van der Waals surface area contributed by atoms with Gasteiger partial charge < -0.3 is 5.11 Å². The summed E-state index contributed by atoms with van der Waals surface area (Å²) in [6.45, 7) is 11.4. The van der Waals surface area contributed by atoms with Gasteiger partial charge in [-0.2, -0.15) is 0 Å². The normalized spacial score (nSPS) is 39.9. The second-order valence-corrected chi connectivity index (χ2v) is 6.17. The molecule has 0 aromatic heterocycles. The van der Waals surface area contributed by atoms with Crippen molar-refractivity contribution in [3.05, 3.63) is 0 Å². The van der Waals surface area contributed by atoms with Crippen LogP contribution < -0.4 is 0 Å². The average molecular weight is 198 g/mol. The minimum Gasteiger partial charge on any atom is -0.393 e. The summed E-state index contributed by atoms with van der Waals surface area (Å²) in [6.07, 6.45) is 3.48. The minimum absolute atomic E-state index is 0.0569. The number of aliphatic hydroxyl groups excluding tert-OH is 1. The Morgan fingerprint density at radius 3 is 2.21 bits per heavy atom. The first-order valence-corrected chi connectivity index (χ1v) is 6.04. The van der Waals surface area contributed by atoms with Crippen molar-refractivity contribution >= 4 is 0 Å². The summed E-state index contributed by atoms with van der Waals surface area (Å²) in [5.41, 5.74) is 0.405. The van der Waals surface area contributed by atoms with Gasteiger partial charge in [-0.3, -0.25) is 0 Å². The molecule has 1 aliphatic carbocycles. The first-order chi connectivity index (χ1) is 6.36. The average Bonchev–Trinajstić information content (AvgIpc) is 2.07. The Hall–Kier alpha value is -0.0400. The van der Waals surface area contributed by atoms with Crippen molar-refractivity contribution in [3.8, 4) is 0 Å². The van der Waals surface area contributed by atoms with Crippen LogP contribution in [0.2, 0.25) is 0 Å². The highest BCUT2D eigenvalue weighted by Crippen LogP contribution is 2.43. The smallest absolute Gasteiger partial charge is 0.0594 e. The van der Waals surface area contributed by atoms with E-state index in [0.29, 0.717) is 17.3 Å². The molecule has 0 heterocycles. The zero-order valence-electron chi connectivity index (χ0n) is 10.4. The van der Waals surface area contributed by atoms with Gasteiger partial charge in [0.15, 0.2) is 0 Å². The summed E-state index contributed by atoms with van der Waals surface area (Å²) in [5, 5.41) is 10.0. The van der Waals surface area contributed by atoms with Crippen molar-refractivity contribution in [2.45, 2.75) is 60.0 Å². The molecule has 84 valence electrons. The molecule has 0 aliphatic heterocycles. The van der Waals surface area contributed by atoms with Gasteiger partial charge in [0.05, 0.1) is 6.10 Å². The molecule has 14 heavy (non-hydrogen) atoms. The minimum atomic E-state index is -0.0569. The van der Waals surface area contributed by atoms with Crippen LogP contribution in [0.5, 0.6) is 0 Å². The molecule has 1 nitrogen and oxygen atoms in total. The van der Waals surface area contributed by atoms with Crippen molar-refractivity contribution in [2.24, 2.45) is 23.2 Å². The molecular formula is C13H26O. The van der Waals surface area contributed by atoms with Crippen LogP contribution >= 0.6 is 0 Å². The van der Waals surface area contributed by atoms with Crippen LogP contribution in [-0.2, 0) is 0 Å².